The zero-order valence-corrected chi connectivity index (χ0v) is 28.8. The van der Waals surface area contributed by atoms with Crippen LogP contribution in [0.5, 0.6) is 0 Å². The Kier molecular flexibility index (Phi) is 8.21. The Balaban J connectivity index is 1.39. The lowest BCUT2D eigenvalue weighted by atomic mass is 9.33. The molecule has 0 spiro atoms. The molecule has 11 heteroatoms. The Morgan fingerprint density at radius 3 is 2.09 bits per heavy atom. The number of carboxylic acids is 1. The quantitative estimate of drug-likeness (QED) is 0.173. The molecular formula is C36H56O11. The summed E-state index contributed by atoms with van der Waals surface area (Å²) in [5.41, 5.74) is -1.98. The Morgan fingerprint density at radius 1 is 0.809 bits per heavy atom. The molecule has 0 radical (unpaired) electrons. The zero-order valence-electron chi connectivity index (χ0n) is 28.8. The molecule has 15 atom stereocenters. The van der Waals surface area contributed by atoms with Crippen LogP contribution < -0.4 is 0 Å². The Morgan fingerprint density at radius 2 is 1.45 bits per heavy atom. The van der Waals surface area contributed by atoms with Crippen molar-refractivity contribution in [2.75, 3.05) is 0 Å². The van der Waals surface area contributed by atoms with Crippen LogP contribution in [-0.4, -0.2) is 96.7 Å². The number of hydrogen-bond donors (Lipinski definition) is 7. The molecule has 4 saturated carbocycles. The number of carboxylic acid groups (broad SMARTS) is 1. The summed E-state index contributed by atoms with van der Waals surface area (Å²) in [6.45, 7) is 15.0. The van der Waals surface area contributed by atoms with Gasteiger partial charge in [-0.25, -0.2) is 4.79 Å². The summed E-state index contributed by atoms with van der Waals surface area (Å²) in [7, 11) is 0. The van der Waals surface area contributed by atoms with Crippen LogP contribution in [0.25, 0.3) is 0 Å². The highest BCUT2D eigenvalue weighted by molar-refractivity contribution is 5.79. The number of fused-ring (bicyclic) bond motifs is 7. The van der Waals surface area contributed by atoms with Crippen molar-refractivity contribution in [3.8, 4) is 0 Å². The molecule has 266 valence electrons. The first kappa shape index (κ1) is 35.2. The van der Waals surface area contributed by atoms with E-state index in [1.54, 1.807) is 0 Å². The fraction of sp³-hybridized carbons (Fsp3) is 0.889. The van der Waals surface area contributed by atoms with Crippen molar-refractivity contribution < 1.29 is 54.8 Å². The molecule has 0 aromatic carbocycles. The average Bonchev–Trinajstić information content (AvgIpc) is 2.98. The molecule has 5 fully saturated rings. The molecule has 7 N–H and O–H groups in total. The summed E-state index contributed by atoms with van der Waals surface area (Å²) >= 11 is 0. The molecule has 5 aliphatic carbocycles. The van der Waals surface area contributed by atoms with Crippen molar-refractivity contribution in [1.29, 1.82) is 0 Å². The van der Waals surface area contributed by atoms with Gasteiger partial charge in [0.1, 0.15) is 18.3 Å². The Hall–Kier alpha value is -1.60. The number of aliphatic hydroxyl groups is 6. The molecular weight excluding hydrogens is 608 g/mol. The fourth-order valence-corrected chi connectivity index (χ4v) is 12.1. The summed E-state index contributed by atoms with van der Waals surface area (Å²) in [4.78, 5) is 26.1. The van der Waals surface area contributed by atoms with Gasteiger partial charge in [0.2, 0.25) is 6.29 Å². The van der Waals surface area contributed by atoms with Gasteiger partial charge in [-0.2, -0.15) is 0 Å². The van der Waals surface area contributed by atoms with Crippen molar-refractivity contribution in [2.45, 2.75) is 149 Å². The zero-order chi connectivity index (χ0) is 34.9. The van der Waals surface area contributed by atoms with Crippen LogP contribution in [0.2, 0.25) is 0 Å². The molecule has 15 unspecified atom stereocenters. The third-order valence-corrected chi connectivity index (χ3v) is 15.2. The second kappa shape index (κ2) is 10.9. The number of allylic oxidation sites excluding steroid dienone is 1. The van der Waals surface area contributed by atoms with E-state index in [0.717, 1.165) is 18.4 Å². The first-order chi connectivity index (χ1) is 21.6. The van der Waals surface area contributed by atoms with Gasteiger partial charge in [0.15, 0.2) is 6.10 Å². The van der Waals surface area contributed by atoms with E-state index in [1.807, 2.05) is 13.8 Å². The summed E-state index contributed by atoms with van der Waals surface area (Å²) < 4.78 is 11.1. The van der Waals surface area contributed by atoms with E-state index in [-0.39, 0.29) is 22.7 Å². The number of aliphatic carboxylic acids is 1. The predicted molar refractivity (Wildman–Crippen MR) is 168 cm³/mol. The number of carbonyl (C=O) groups is 2. The molecule has 0 bridgehead atoms. The lowest BCUT2D eigenvalue weighted by Crippen LogP contribution is -2.68. The van der Waals surface area contributed by atoms with E-state index in [0.29, 0.717) is 38.5 Å². The van der Waals surface area contributed by atoms with Crippen molar-refractivity contribution >= 4 is 11.9 Å². The number of hydrogen-bond acceptors (Lipinski definition) is 10. The van der Waals surface area contributed by atoms with Crippen LogP contribution in [0.1, 0.15) is 99.8 Å². The van der Waals surface area contributed by atoms with Gasteiger partial charge in [0, 0.05) is 5.92 Å². The lowest BCUT2D eigenvalue weighted by molar-refractivity contribution is -0.292. The van der Waals surface area contributed by atoms with E-state index >= 15 is 0 Å². The van der Waals surface area contributed by atoms with Crippen molar-refractivity contribution in [1.82, 2.24) is 0 Å². The summed E-state index contributed by atoms with van der Waals surface area (Å²) in [5, 5.41) is 75.0. The minimum absolute atomic E-state index is 0.198. The van der Waals surface area contributed by atoms with Crippen molar-refractivity contribution in [2.24, 2.45) is 50.2 Å². The van der Waals surface area contributed by atoms with E-state index in [1.165, 1.54) is 0 Å². The first-order valence-corrected chi connectivity index (χ1v) is 17.5. The van der Waals surface area contributed by atoms with Crippen LogP contribution in [-0.2, 0) is 19.1 Å². The summed E-state index contributed by atoms with van der Waals surface area (Å²) in [6, 6.07) is 0. The maximum Gasteiger partial charge on any atom is 0.335 e. The minimum atomic E-state index is -1.91. The van der Waals surface area contributed by atoms with E-state index in [4.69, 9.17) is 9.47 Å². The number of rotatable bonds is 3. The van der Waals surface area contributed by atoms with Crippen LogP contribution in [0.4, 0.5) is 0 Å². The lowest BCUT2D eigenvalue weighted by Gasteiger charge is -2.71. The minimum Gasteiger partial charge on any atom is -0.479 e. The highest BCUT2D eigenvalue weighted by Crippen LogP contribution is 2.75. The highest BCUT2D eigenvalue weighted by Gasteiger charge is 2.71. The van der Waals surface area contributed by atoms with Gasteiger partial charge < -0.3 is 45.2 Å². The highest BCUT2D eigenvalue weighted by atomic mass is 16.7. The third-order valence-electron chi connectivity index (χ3n) is 15.2. The van der Waals surface area contributed by atoms with Crippen LogP contribution >= 0.6 is 0 Å². The number of aliphatic hydroxyl groups excluding tert-OH is 6. The molecule has 11 nitrogen and oxygen atoms in total. The second-order valence-electron chi connectivity index (χ2n) is 18.0. The maximum atomic E-state index is 14.4. The summed E-state index contributed by atoms with van der Waals surface area (Å²) in [6.07, 6.45) is -4.69. The number of carbonyl (C=O) groups excluding carboxylic acids is 1. The van der Waals surface area contributed by atoms with Gasteiger partial charge in [0.25, 0.3) is 0 Å². The largest absolute Gasteiger partial charge is 0.479 e. The van der Waals surface area contributed by atoms with Crippen molar-refractivity contribution in [3.63, 3.8) is 0 Å². The molecule has 0 aromatic rings. The fourth-order valence-electron chi connectivity index (χ4n) is 12.1. The normalized spacial score (nSPS) is 53.3. The van der Waals surface area contributed by atoms with Gasteiger partial charge in [-0.1, -0.05) is 60.1 Å². The molecule has 6 aliphatic rings. The number of ether oxygens (including phenoxy) is 2. The predicted octanol–water partition coefficient (Wildman–Crippen LogP) is 2.53. The average molecular weight is 665 g/mol. The smallest absolute Gasteiger partial charge is 0.335 e. The van der Waals surface area contributed by atoms with Gasteiger partial charge in [0.05, 0.1) is 23.7 Å². The Bertz CT molecular complexity index is 1330. The van der Waals surface area contributed by atoms with E-state index in [2.05, 4.69) is 40.7 Å². The summed E-state index contributed by atoms with van der Waals surface area (Å²) in [5.74, 6) is -2.48. The maximum absolute atomic E-state index is 14.4. The van der Waals surface area contributed by atoms with Gasteiger partial charge >= 0.3 is 11.9 Å². The number of esters is 1. The van der Waals surface area contributed by atoms with E-state index in [9.17, 15) is 45.3 Å². The van der Waals surface area contributed by atoms with Gasteiger partial charge in [-0.15, -0.1) is 0 Å². The van der Waals surface area contributed by atoms with Crippen LogP contribution in [0.15, 0.2) is 11.6 Å². The van der Waals surface area contributed by atoms with Crippen LogP contribution in [0.3, 0.4) is 0 Å². The first-order valence-electron chi connectivity index (χ1n) is 17.5. The molecule has 1 heterocycles. The SMILES string of the molecule is CC1(C)CCC2(C(=O)OC3OC(C(=O)O)C(O)C(O)C3O)CCC3(C)C(=CCC4C5(C)CC(O)C(O)C(C)(C)C5CCC43C)C2C1O. The molecule has 0 amide bonds. The van der Waals surface area contributed by atoms with Gasteiger partial charge in [-0.3, -0.25) is 4.79 Å². The molecule has 47 heavy (non-hydrogen) atoms. The molecule has 1 aliphatic heterocycles. The standard InChI is InChI=1S/C36H56O11/c1-31(2)12-14-36(30(45)47-29-24(40)22(38)23(39)25(46-29)28(43)44)15-13-34(6)17(21(36)27(31)42)8-9-20-33(5)16-18(37)26(41)32(3,4)19(33)10-11-35(20,34)7/h8,18-27,29,37-42H,9-16H2,1-7H3,(H,43,44). The third kappa shape index (κ3) is 4.62. The molecule has 0 aromatic heterocycles. The van der Waals surface area contributed by atoms with Crippen molar-refractivity contribution in [3.05, 3.63) is 11.6 Å². The molecule has 6 rings (SSSR count). The van der Waals surface area contributed by atoms with Crippen LogP contribution in [0, 0.1) is 50.2 Å². The topological polar surface area (TPSA) is 194 Å². The monoisotopic (exact) mass is 664 g/mol. The van der Waals surface area contributed by atoms with Gasteiger partial charge in [-0.05, 0) is 90.3 Å². The second-order valence-corrected chi connectivity index (χ2v) is 18.0. The Labute approximate surface area is 277 Å². The van der Waals surface area contributed by atoms with E-state index < -0.39 is 88.5 Å². The molecule has 1 saturated heterocycles.